The molecule has 0 aromatic heterocycles. The molecule has 1 aliphatic carbocycles. The van der Waals surface area contributed by atoms with E-state index in [0.717, 1.165) is 29.5 Å². The van der Waals surface area contributed by atoms with Crippen LogP contribution < -0.4 is 10.6 Å². The van der Waals surface area contributed by atoms with E-state index in [-0.39, 0.29) is 0 Å². The number of hydrogen-bond acceptors (Lipinski definition) is 3. The highest BCUT2D eigenvalue weighted by molar-refractivity contribution is 9.10. The smallest absolute Gasteiger partial charge is 0.196 e. The van der Waals surface area contributed by atoms with Crippen molar-refractivity contribution in [2.75, 3.05) is 11.4 Å². The van der Waals surface area contributed by atoms with Crippen LogP contribution in [-0.4, -0.2) is 18.5 Å². The largest absolute Gasteiger partial charge is 0.370 e. The highest BCUT2D eigenvalue weighted by atomic mass is 79.9. The van der Waals surface area contributed by atoms with E-state index in [1.807, 2.05) is 18.2 Å². The Balaban J connectivity index is 1.89. The molecule has 0 amide bonds. The number of halogens is 2. The fraction of sp³-hybridized carbons (Fsp3) is 0.400. The molecule has 20 heavy (non-hydrogen) atoms. The number of anilines is 1. The van der Waals surface area contributed by atoms with E-state index in [1.54, 1.807) is 0 Å². The minimum absolute atomic E-state index is 0.355. The van der Waals surface area contributed by atoms with Gasteiger partial charge in [0.25, 0.3) is 0 Å². The molecule has 1 heterocycles. The number of hydrogen-bond donors (Lipinski definition) is 1. The van der Waals surface area contributed by atoms with Gasteiger partial charge in [0.05, 0.1) is 17.6 Å². The molecule has 2 aliphatic rings. The van der Waals surface area contributed by atoms with Crippen LogP contribution in [0, 0.1) is 5.92 Å². The summed E-state index contributed by atoms with van der Waals surface area (Å²) in [5.74, 6) is 1.22. The monoisotopic (exact) mass is 353 g/mol. The number of aliphatic imine (C=N–C) groups is 1. The molecule has 0 spiro atoms. The number of nitrogens with zero attached hydrogens (tertiary/aromatic N) is 2. The molecular weight excluding hydrogens is 338 g/mol. The van der Waals surface area contributed by atoms with Gasteiger partial charge in [0.1, 0.15) is 0 Å². The molecule has 1 aliphatic heterocycles. The number of nitrogens with two attached hydrogens (primary N) is 1. The summed E-state index contributed by atoms with van der Waals surface area (Å²) in [5, 5.41) is 0.709. The Morgan fingerprint density at radius 1 is 1.35 bits per heavy atom. The summed E-state index contributed by atoms with van der Waals surface area (Å²) in [4.78, 5) is 6.61. The van der Waals surface area contributed by atoms with E-state index < -0.39 is 0 Å². The zero-order valence-corrected chi connectivity index (χ0v) is 13.4. The van der Waals surface area contributed by atoms with Gasteiger partial charge in [0.15, 0.2) is 5.96 Å². The van der Waals surface area contributed by atoms with Gasteiger partial charge in [-0.3, -0.25) is 4.99 Å². The van der Waals surface area contributed by atoms with Crippen molar-refractivity contribution in [2.24, 2.45) is 16.6 Å². The van der Waals surface area contributed by atoms with E-state index in [2.05, 4.69) is 38.0 Å². The fourth-order valence-corrected chi connectivity index (χ4v) is 3.48. The van der Waals surface area contributed by atoms with Crippen LogP contribution in [0.3, 0.4) is 0 Å². The zero-order valence-electron chi connectivity index (χ0n) is 11.1. The maximum atomic E-state index is 6.11. The third-order valence-electron chi connectivity index (χ3n) is 4.05. The maximum Gasteiger partial charge on any atom is 0.196 e. The molecule has 5 heteroatoms. The van der Waals surface area contributed by atoms with E-state index >= 15 is 0 Å². The predicted octanol–water partition coefficient (Wildman–Crippen LogP) is 3.96. The summed E-state index contributed by atoms with van der Waals surface area (Å²) in [6, 6.07) is 6.27. The minimum Gasteiger partial charge on any atom is -0.370 e. The maximum absolute atomic E-state index is 6.11. The Bertz CT molecular complexity index is 570. The molecule has 2 N–H and O–H groups in total. The SMILES string of the molecule is NC1=NCC(C2CC=CCC2)N1c1ccc(Cl)c(Br)c1. The first-order chi connectivity index (χ1) is 9.66. The van der Waals surface area contributed by atoms with Crippen molar-refractivity contribution in [1.82, 2.24) is 0 Å². The first-order valence-corrected chi connectivity index (χ1v) is 8.03. The number of guanidine groups is 1. The van der Waals surface area contributed by atoms with E-state index in [1.165, 1.54) is 6.42 Å². The summed E-state index contributed by atoms with van der Waals surface area (Å²) in [6.07, 6.45) is 8.00. The van der Waals surface area contributed by atoms with Crippen LogP contribution in [0.1, 0.15) is 19.3 Å². The minimum atomic E-state index is 0.355. The highest BCUT2D eigenvalue weighted by Gasteiger charge is 2.33. The van der Waals surface area contributed by atoms with E-state index in [4.69, 9.17) is 17.3 Å². The van der Waals surface area contributed by atoms with Crippen molar-refractivity contribution in [1.29, 1.82) is 0 Å². The first-order valence-electron chi connectivity index (χ1n) is 6.86. The van der Waals surface area contributed by atoms with Crippen molar-refractivity contribution in [3.63, 3.8) is 0 Å². The molecule has 1 aromatic rings. The third kappa shape index (κ3) is 2.59. The van der Waals surface area contributed by atoms with Gasteiger partial charge in [0, 0.05) is 10.2 Å². The lowest BCUT2D eigenvalue weighted by atomic mass is 9.87. The lowest BCUT2D eigenvalue weighted by Gasteiger charge is -2.33. The molecule has 1 aromatic carbocycles. The molecule has 0 bridgehead atoms. The molecule has 2 atom stereocenters. The second kappa shape index (κ2) is 5.78. The number of rotatable bonds is 2. The molecule has 0 saturated heterocycles. The molecule has 3 nitrogen and oxygen atoms in total. The molecule has 106 valence electrons. The molecule has 3 rings (SSSR count). The highest BCUT2D eigenvalue weighted by Crippen LogP contribution is 2.34. The summed E-state index contributed by atoms with van der Waals surface area (Å²) in [6.45, 7) is 0.782. The average Bonchev–Trinajstić information content (AvgIpc) is 2.85. The van der Waals surface area contributed by atoms with Gasteiger partial charge >= 0.3 is 0 Å². The zero-order chi connectivity index (χ0) is 14.1. The van der Waals surface area contributed by atoms with Crippen molar-refractivity contribution in [2.45, 2.75) is 25.3 Å². The van der Waals surface area contributed by atoms with Crippen LogP contribution >= 0.6 is 27.5 Å². The predicted molar refractivity (Wildman–Crippen MR) is 88.4 cm³/mol. The van der Waals surface area contributed by atoms with Crippen LogP contribution in [0.5, 0.6) is 0 Å². The Morgan fingerprint density at radius 2 is 2.20 bits per heavy atom. The second-order valence-electron chi connectivity index (χ2n) is 5.28. The fourth-order valence-electron chi connectivity index (χ4n) is 3.00. The Labute approximate surface area is 132 Å². The number of allylic oxidation sites excluding steroid dienone is 2. The van der Waals surface area contributed by atoms with E-state index in [9.17, 15) is 0 Å². The first kappa shape index (κ1) is 14.0. The van der Waals surface area contributed by atoms with Crippen molar-refractivity contribution >= 4 is 39.2 Å². The standard InChI is InChI=1S/C15H17BrClN3/c16-12-8-11(6-7-13(12)17)20-14(9-19-15(20)18)10-4-2-1-3-5-10/h1-2,6-8,10,14H,3-5,9H2,(H2,18,19). The summed E-state index contributed by atoms with van der Waals surface area (Å²) in [7, 11) is 0. The van der Waals surface area contributed by atoms with Crippen LogP contribution in [0.25, 0.3) is 0 Å². The van der Waals surface area contributed by atoms with Gasteiger partial charge in [-0.05, 0) is 59.3 Å². The van der Waals surface area contributed by atoms with Gasteiger partial charge in [-0.2, -0.15) is 0 Å². The van der Waals surface area contributed by atoms with Crippen LogP contribution in [0.2, 0.25) is 5.02 Å². The lowest BCUT2D eigenvalue weighted by molar-refractivity contribution is 0.404. The lowest BCUT2D eigenvalue weighted by Crippen LogP contribution is -2.45. The van der Waals surface area contributed by atoms with Crippen LogP contribution in [0.4, 0.5) is 5.69 Å². The van der Waals surface area contributed by atoms with Crippen molar-refractivity contribution in [3.8, 4) is 0 Å². The van der Waals surface area contributed by atoms with Crippen LogP contribution in [-0.2, 0) is 0 Å². The van der Waals surface area contributed by atoms with Gasteiger partial charge in [0.2, 0.25) is 0 Å². The summed E-state index contributed by atoms with van der Waals surface area (Å²) < 4.78 is 0.888. The second-order valence-corrected chi connectivity index (χ2v) is 6.54. The van der Waals surface area contributed by atoms with E-state index in [0.29, 0.717) is 22.9 Å². The summed E-state index contributed by atoms with van der Waals surface area (Å²) in [5.41, 5.74) is 7.16. The normalized spacial score (nSPS) is 25.9. The van der Waals surface area contributed by atoms with Crippen molar-refractivity contribution in [3.05, 3.63) is 39.8 Å². The Morgan fingerprint density at radius 3 is 2.90 bits per heavy atom. The molecule has 0 saturated carbocycles. The van der Waals surface area contributed by atoms with Gasteiger partial charge in [-0.1, -0.05) is 23.8 Å². The quantitative estimate of drug-likeness (QED) is 0.817. The molecular formula is C15H17BrClN3. The molecule has 2 unspecified atom stereocenters. The average molecular weight is 355 g/mol. The summed E-state index contributed by atoms with van der Waals surface area (Å²) >= 11 is 9.55. The van der Waals surface area contributed by atoms with Gasteiger partial charge in [-0.25, -0.2) is 0 Å². The topological polar surface area (TPSA) is 41.6 Å². The van der Waals surface area contributed by atoms with Crippen molar-refractivity contribution < 1.29 is 0 Å². The third-order valence-corrected chi connectivity index (χ3v) is 5.27. The molecule has 0 fully saturated rings. The number of benzene rings is 1. The Kier molecular flexibility index (Phi) is 4.03. The Hall–Kier alpha value is -1.000. The van der Waals surface area contributed by atoms with Gasteiger partial charge in [-0.15, -0.1) is 0 Å². The molecule has 0 radical (unpaired) electrons. The van der Waals surface area contributed by atoms with Gasteiger partial charge < -0.3 is 10.6 Å². The van der Waals surface area contributed by atoms with Crippen LogP contribution in [0.15, 0.2) is 39.8 Å².